The Kier molecular flexibility index (Phi) is 8.34. The number of aryl methyl sites for hydroxylation is 1. The van der Waals surface area contributed by atoms with Crippen molar-refractivity contribution in [2.45, 2.75) is 57.5 Å². The molecule has 1 atom stereocenters. The molecule has 0 saturated carbocycles. The summed E-state index contributed by atoms with van der Waals surface area (Å²) in [5.74, 6) is 0.718. The molecule has 1 unspecified atom stereocenters. The average molecular weight is 483 g/mol. The fraction of sp³-hybridized carbons (Fsp3) is 0.423. The van der Waals surface area contributed by atoms with Crippen LogP contribution in [0.15, 0.2) is 53.7 Å². The minimum Gasteiger partial charge on any atom is -0.376 e. The van der Waals surface area contributed by atoms with Crippen LogP contribution in [0.5, 0.6) is 0 Å². The van der Waals surface area contributed by atoms with Crippen molar-refractivity contribution in [2.75, 3.05) is 18.9 Å². The molecule has 34 heavy (non-hydrogen) atoms. The SMILES string of the molecule is CCCN(Cc1ccc(C)cc1)C(=O)CSc1nnc(-c2ccc(F)cc2)n1CC1CCCO1. The Hall–Kier alpha value is -2.71. The molecule has 0 spiro atoms. The number of rotatable bonds is 10. The molecule has 4 rings (SSSR count). The number of nitrogens with zero attached hydrogens (tertiary/aromatic N) is 4. The number of aromatic nitrogens is 3. The quantitative estimate of drug-likeness (QED) is 0.376. The zero-order valence-corrected chi connectivity index (χ0v) is 20.6. The van der Waals surface area contributed by atoms with Gasteiger partial charge in [0.05, 0.1) is 18.4 Å². The second kappa shape index (κ2) is 11.6. The van der Waals surface area contributed by atoms with E-state index in [9.17, 15) is 9.18 Å². The van der Waals surface area contributed by atoms with Gasteiger partial charge < -0.3 is 9.64 Å². The second-order valence-electron chi connectivity index (χ2n) is 8.65. The molecule has 180 valence electrons. The van der Waals surface area contributed by atoms with Crippen LogP contribution in [0, 0.1) is 12.7 Å². The van der Waals surface area contributed by atoms with Crippen molar-refractivity contribution in [3.8, 4) is 11.4 Å². The molecule has 1 amide bonds. The van der Waals surface area contributed by atoms with Crippen LogP contribution in [0.2, 0.25) is 0 Å². The number of hydrogen-bond acceptors (Lipinski definition) is 5. The second-order valence-corrected chi connectivity index (χ2v) is 9.59. The standard InChI is InChI=1S/C26H31FN4O2S/c1-3-14-30(16-20-8-6-19(2)7-9-20)24(32)18-34-26-29-28-25(21-10-12-22(27)13-11-21)31(26)17-23-5-4-15-33-23/h6-13,23H,3-5,14-18H2,1-2H3. The molecule has 2 aromatic carbocycles. The molecular weight excluding hydrogens is 451 g/mol. The van der Waals surface area contributed by atoms with Crippen molar-refractivity contribution in [3.05, 3.63) is 65.5 Å². The van der Waals surface area contributed by atoms with E-state index in [1.54, 1.807) is 12.1 Å². The highest BCUT2D eigenvalue weighted by Crippen LogP contribution is 2.27. The lowest BCUT2D eigenvalue weighted by molar-refractivity contribution is -0.129. The zero-order valence-electron chi connectivity index (χ0n) is 19.7. The predicted octanol–water partition coefficient (Wildman–Crippen LogP) is 5.10. The summed E-state index contributed by atoms with van der Waals surface area (Å²) in [7, 11) is 0. The fourth-order valence-corrected chi connectivity index (χ4v) is 4.91. The van der Waals surface area contributed by atoms with Crippen LogP contribution in [-0.4, -0.2) is 50.6 Å². The van der Waals surface area contributed by atoms with Gasteiger partial charge in [-0.2, -0.15) is 0 Å². The molecule has 1 aliphatic heterocycles. The van der Waals surface area contributed by atoms with Gasteiger partial charge in [-0.15, -0.1) is 10.2 Å². The summed E-state index contributed by atoms with van der Waals surface area (Å²) in [5, 5.41) is 9.44. The van der Waals surface area contributed by atoms with Crippen LogP contribution in [-0.2, 0) is 22.6 Å². The van der Waals surface area contributed by atoms with Crippen molar-refractivity contribution >= 4 is 17.7 Å². The van der Waals surface area contributed by atoms with Gasteiger partial charge in [0.1, 0.15) is 5.82 Å². The summed E-state index contributed by atoms with van der Waals surface area (Å²) in [6.45, 7) is 6.80. The summed E-state index contributed by atoms with van der Waals surface area (Å²) in [5.41, 5.74) is 3.12. The lowest BCUT2D eigenvalue weighted by atomic mass is 10.1. The monoisotopic (exact) mass is 482 g/mol. The first kappa shape index (κ1) is 24.4. The van der Waals surface area contributed by atoms with E-state index in [2.05, 4.69) is 48.3 Å². The first-order valence-corrected chi connectivity index (χ1v) is 12.8. The van der Waals surface area contributed by atoms with Crippen LogP contribution in [0.25, 0.3) is 11.4 Å². The maximum absolute atomic E-state index is 13.5. The van der Waals surface area contributed by atoms with Crippen LogP contribution in [0.1, 0.15) is 37.3 Å². The van der Waals surface area contributed by atoms with E-state index in [-0.39, 0.29) is 23.6 Å². The highest BCUT2D eigenvalue weighted by molar-refractivity contribution is 7.99. The van der Waals surface area contributed by atoms with Crippen molar-refractivity contribution in [2.24, 2.45) is 0 Å². The van der Waals surface area contributed by atoms with Crippen LogP contribution in [0.4, 0.5) is 4.39 Å². The predicted molar refractivity (Wildman–Crippen MR) is 132 cm³/mol. The first-order valence-electron chi connectivity index (χ1n) is 11.8. The molecule has 0 N–H and O–H groups in total. The maximum Gasteiger partial charge on any atom is 0.233 e. The average Bonchev–Trinajstić information content (AvgIpc) is 3.50. The van der Waals surface area contributed by atoms with Gasteiger partial charge in [-0.25, -0.2) is 4.39 Å². The Morgan fingerprint density at radius 2 is 1.94 bits per heavy atom. The normalized spacial score (nSPS) is 15.6. The lowest BCUT2D eigenvalue weighted by Gasteiger charge is -2.22. The van der Waals surface area contributed by atoms with Crippen LogP contribution in [0.3, 0.4) is 0 Å². The van der Waals surface area contributed by atoms with Gasteiger partial charge in [0, 0.05) is 25.3 Å². The van der Waals surface area contributed by atoms with Crippen molar-refractivity contribution in [1.29, 1.82) is 0 Å². The number of halogens is 1. The van der Waals surface area contributed by atoms with E-state index in [4.69, 9.17) is 4.74 Å². The molecule has 1 saturated heterocycles. The van der Waals surface area contributed by atoms with Crippen molar-refractivity contribution in [1.82, 2.24) is 19.7 Å². The largest absolute Gasteiger partial charge is 0.376 e. The van der Waals surface area contributed by atoms with E-state index >= 15 is 0 Å². The fourth-order valence-electron chi connectivity index (χ4n) is 4.06. The molecule has 0 aliphatic carbocycles. The number of thioether (sulfide) groups is 1. The molecule has 8 heteroatoms. The Labute approximate surface area is 204 Å². The Bertz CT molecular complexity index is 1080. The van der Waals surface area contributed by atoms with Gasteiger partial charge in [-0.05, 0) is 56.0 Å². The highest BCUT2D eigenvalue weighted by atomic mass is 32.2. The minimum absolute atomic E-state index is 0.0717. The summed E-state index contributed by atoms with van der Waals surface area (Å²) < 4.78 is 21.3. The third kappa shape index (κ3) is 6.24. The highest BCUT2D eigenvalue weighted by Gasteiger charge is 2.23. The van der Waals surface area contributed by atoms with Gasteiger partial charge in [0.15, 0.2) is 11.0 Å². The summed E-state index contributed by atoms with van der Waals surface area (Å²) >= 11 is 1.39. The number of hydrogen-bond donors (Lipinski definition) is 0. The molecule has 2 heterocycles. The number of ether oxygens (including phenoxy) is 1. The Balaban J connectivity index is 1.49. The van der Waals surface area contributed by atoms with E-state index in [0.29, 0.717) is 30.6 Å². The number of carbonyl (C=O) groups excluding carboxylic acids is 1. The Morgan fingerprint density at radius 3 is 2.62 bits per heavy atom. The molecule has 0 bridgehead atoms. The summed E-state index contributed by atoms with van der Waals surface area (Å²) in [6, 6.07) is 14.5. The van der Waals surface area contributed by atoms with Gasteiger partial charge in [0.25, 0.3) is 0 Å². The Morgan fingerprint density at radius 1 is 1.18 bits per heavy atom. The van der Waals surface area contributed by atoms with E-state index < -0.39 is 0 Å². The first-order chi connectivity index (χ1) is 16.5. The van der Waals surface area contributed by atoms with Crippen molar-refractivity contribution in [3.63, 3.8) is 0 Å². The molecular formula is C26H31FN4O2S. The smallest absolute Gasteiger partial charge is 0.233 e. The molecule has 1 fully saturated rings. The van der Waals surface area contributed by atoms with Gasteiger partial charge in [0.2, 0.25) is 5.91 Å². The molecule has 3 aromatic rings. The van der Waals surface area contributed by atoms with Crippen LogP contribution >= 0.6 is 11.8 Å². The molecule has 0 radical (unpaired) electrons. The number of amides is 1. The third-order valence-corrected chi connectivity index (χ3v) is 6.85. The zero-order chi connectivity index (χ0) is 23.9. The van der Waals surface area contributed by atoms with E-state index in [0.717, 1.165) is 37.0 Å². The minimum atomic E-state index is -0.293. The number of benzene rings is 2. The maximum atomic E-state index is 13.5. The summed E-state index contributed by atoms with van der Waals surface area (Å²) in [6.07, 6.45) is 2.99. The van der Waals surface area contributed by atoms with Gasteiger partial charge in [-0.3, -0.25) is 9.36 Å². The third-order valence-electron chi connectivity index (χ3n) is 5.89. The molecule has 1 aliphatic rings. The molecule has 6 nitrogen and oxygen atoms in total. The van der Waals surface area contributed by atoms with Crippen molar-refractivity contribution < 1.29 is 13.9 Å². The van der Waals surface area contributed by atoms with Gasteiger partial charge >= 0.3 is 0 Å². The molecule has 1 aromatic heterocycles. The number of carbonyl (C=O) groups is 1. The van der Waals surface area contributed by atoms with E-state index in [1.165, 1.54) is 29.5 Å². The summed E-state index contributed by atoms with van der Waals surface area (Å²) in [4.78, 5) is 15.0. The van der Waals surface area contributed by atoms with E-state index in [1.807, 2.05) is 9.47 Å². The topological polar surface area (TPSA) is 60.2 Å². The van der Waals surface area contributed by atoms with Gasteiger partial charge in [-0.1, -0.05) is 48.5 Å². The van der Waals surface area contributed by atoms with Crippen LogP contribution < -0.4 is 0 Å². The lowest BCUT2D eigenvalue weighted by Crippen LogP contribution is -2.32.